The molecule has 0 spiro atoms. The van der Waals surface area contributed by atoms with Crippen LogP contribution in [0.25, 0.3) is 0 Å². The average molecular weight is 247 g/mol. The first kappa shape index (κ1) is 13.5. The molecular formula is C15H25N3. The normalized spacial score (nSPS) is 24.4. The quantitative estimate of drug-likeness (QED) is 0.888. The maximum atomic E-state index is 4.21. The second-order valence-corrected chi connectivity index (χ2v) is 6.29. The predicted molar refractivity (Wildman–Crippen MR) is 75.4 cm³/mol. The minimum atomic E-state index is 0.210. The third-order valence-corrected chi connectivity index (χ3v) is 3.97. The summed E-state index contributed by atoms with van der Waals surface area (Å²) in [7, 11) is 0. The van der Waals surface area contributed by atoms with E-state index in [1.54, 1.807) is 0 Å². The lowest BCUT2D eigenvalue weighted by atomic mass is 9.92. The van der Waals surface area contributed by atoms with Gasteiger partial charge in [-0.1, -0.05) is 19.9 Å². The fourth-order valence-electron chi connectivity index (χ4n) is 2.48. The van der Waals surface area contributed by atoms with E-state index >= 15 is 0 Å². The Labute approximate surface area is 111 Å². The SMILES string of the molecule is CC(C)C1CN(Cc2cccnc2)C(C)(C)CN1. The summed E-state index contributed by atoms with van der Waals surface area (Å²) < 4.78 is 0. The fourth-order valence-corrected chi connectivity index (χ4v) is 2.48. The van der Waals surface area contributed by atoms with Crippen LogP contribution < -0.4 is 5.32 Å². The molecule has 1 aromatic rings. The zero-order chi connectivity index (χ0) is 13.2. The van der Waals surface area contributed by atoms with Crippen molar-refractivity contribution in [3.8, 4) is 0 Å². The number of hydrogen-bond donors (Lipinski definition) is 1. The summed E-state index contributed by atoms with van der Waals surface area (Å²) in [6.07, 6.45) is 3.81. The van der Waals surface area contributed by atoms with Crippen LogP contribution in [0.1, 0.15) is 33.3 Å². The Morgan fingerprint density at radius 2 is 2.28 bits per heavy atom. The van der Waals surface area contributed by atoms with Gasteiger partial charge in [-0.05, 0) is 31.4 Å². The van der Waals surface area contributed by atoms with Crippen LogP contribution >= 0.6 is 0 Å². The standard InChI is InChI=1S/C15H25N3/c1-12(2)14-10-18(15(3,4)11-17-14)9-13-6-5-7-16-8-13/h5-8,12,14,17H,9-11H2,1-4H3. The molecular weight excluding hydrogens is 222 g/mol. The first-order chi connectivity index (χ1) is 8.49. The zero-order valence-corrected chi connectivity index (χ0v) is 12.0. The largest absolute Gasteiger partial charge is 0.311 e. The highest BCUT2D eigenvalue weighted by Crippen LogP contribution is 2.23. The second-order valence-electron chi connectivity index (χ2n) is 6.29. The van der Waals surface area contributed by atoms with Crippen molar-refractivity contribution in [2.75, 3.05) is 13.1 Å². The molecule has 2 rings (SSSR count). The number of pyridine rings is 1. The van der Waals surface area contributed by atoms with Crippen molar-refractivity contribution in [1.82, 2.24) is 15.2 Å². The molecule has 1 aliphatic heterocycles. The van der Waals surface area contributed by atoms with Gasteiger partial charge in [-0.3, -0.25) is 9.88 Å². The van der Waals surface area contributed by atoms with Crippen molar-refractivity contribution in [2.45, 2.75) is 45.8 Å². The van der Waals surface area contributed by atoms with E-state index in [2.05, 4.69) is 49.0 Å². The van der Waals surface area contributed by atoms with Crippen LogP contribution in [0.3, 0.4) is 0 Å². The molecule has 0 saturated carbocycles. The summed E-state index contributed by atoms with van der Waals surface area (Å²) in [6, 6.07) is 4.77. The van der Waals surface area contributed by atoms with Crippen LogP contribution in [0, 0.1) is 5.92 Å². The average Bonchev–Trinajstić information content (AvgIpc) is 2.33. The summed E-state index contributed by atoms with van der Waals surface area (Å²) in [5.41, 5.74) is 1.51. The van der Waals surface area contributed by atoms with Gasteiger partial charge in [-0.25, -0.2) is 0 Å². The maximum absolute atomic E-state index is 4.21. The first-order valence-electron chi connectivity index (χ1n) is 6.86. The summed E-state index contributed by atoms with van der Waals surface area (Å²) in [6.45, 7) is 12.4. The maximum Gasteiger partial charge on any atom is 0.0312 e. The van der Waals surface area contributed by atoms with Crippen molar-refractivity contribution in [3.05, 3.63) is 30.1 Å². The molecule has 18 heavy (non-hydrogen) atoms. The monoisotopic (exact) mass is 247 g/mol. The van der Waals surface area contributed by atoms with Crippen molar-refractivity contribution in [3.63, 3.8) is 0 Å². The Balaban J connectivity index is 2.08. The van der Waals surface area contributed by atoms with Crippen molar-refractivity contribution >= 4 is 0 Å². The number of hydrogen-bond acceptors (Lipinski definition) is 3. The molecule has 1 atom stereocenters. The molecule has 0 bridgehead atoms. The highest BCUT2D eigenvalue weighted by Gasteiger charge is 2.34. The van der Waals surface area contributed by atoms with Gasteiger partial charge >= 0.3 is 0 Å². The van der Waals surface area contributed by atoms with Gasteiger partial charge in [0.05, 0.1) is 0 Å². The summed E-state index contributed by atoms with van der Waals surface area (Å²) in [4.78, 5) is 6.78. The zero-order valence-electron chi connectivity index (χ0n) is 12.0. The smallest absolute Gasteiger partial charge is 0.0312 e. The molecule has 1 N–H and O–H groups in total. The Hall–Kier alpha value is -0.930. The van der Waals surface area contributed by atoms with E-state index in [9.17, 15) is 0 Å². The van der Waals surface area contributed by atoms with E-state index in [0.29, 0.717) is 12.0 Å². The van der Waals surface area contributed by atoms with Gasteiger partial charge in [0, 0.05) is 43.6 Å². The van der Waals surface area contributed by atoms with E-state index in [1.807, 2.05) is 18.5 Å². The predicted octanol–water partition coefficient (Wildman–Crippen LogP) is 2.29. The van der Waals surface area contributed by atoms with Crippen LogP contribution in [-0.2, 0) is 6.54 Å². The van der Waals surface area contributed by atoms with E-state index in [0.717, 1.165) is 19.6 Å². The van der Waals surface area contributed by atoms with Gasteiger partial charge in [0.2, 0.25) is 0 Å². The van der Waals surface area contributed by atoms with Crippen LogP contribution in [0.15, 0.2) is 24.5 Å². The van der Waals surface area contributed by atoms with Crippen molar-refractivity contribution in [1.29, 1.82) is 0 Å². The van der Waals surface area contributed by atoms with E-state index in [4.69, 9.17) is 0 Å². The summed E-state index contributed by atoms with van der Waals surface area (Å²) in [5.74, 6) is 0.678. The number of piperazine rings is 1. The van der Waals surface area contributed by atoms with E-state index in [1.165, 1.54) is 5.56 Å². The molecule has 3 nitrogen and oxygen atoms in total. The minimum Gasteiger partial charge on any atom is -0.311 e. The van der Waals surface area contributed by atoms with Gasteiger partial charge in [0.25, 0.3) is 0 Å². The third-order valence-electron chi connectivity index (χ3n) is 3.97. The molecule has 1 saturated heterocycles. The topological polar surface area (TPSA) is 28.2 Å². The molecule has 0 radical (unpaired) electrons. The lowest BCUT2D eigenvalue weighted by Crippen LogP contribution is -2.62. The van der Waals surface area contributed by atoms with Crippen molar-refractivity contribution < 1.29 is 0 Å². The Bertz CT molecular complexity index is 373. The number of nitrogens with one attached hydrogen (secondary N) is 1. The van der Waals surface area contributed by atoms with Crippen LogP contribution in [0.4, 0.5) is 0 Å². The Morgan fingerprint density at radius 1 is 1.50 bits per heavy atom. The number of rotatable bonds is 3. The molecule has 1 aliphatic rings. The molecule has 0 aliphatic carbocycles. The molecule has 1 unspecified atom stereocenters. The van der Waals surface area contributed by atoms with Gasteiger partial charge < -0.3 is 5.32 Å². The molecule has 0 amide bonds. The van der Waals surface area contributed by atoms with Gasteiger partial charge in [0.1, 0.15) is 0 Å². The van der Waals surface area contributed by atoms with Crippen LogP contribution in [-0.4, -0.2) is 34.6 Å². The Kier molecular flexibility index (Phi) is 4.03. The Morgan fingerprint density at radius 3 is 2.89 bits per heavy atom. The molecule has 2 heterocycles. The number of nitrogens with zero attached hydrogens (tertiary/aromatic N) is 2. The van der Waals surface area contributed by atoms with Gasteiger partial charge in [0.15, 0.2) is 0 Å². The third kappa shape index (κ3) is 3.09. The summed E-state index contributed by atoms with van der Waals surface area (Å²) in [5, 5.41) is 3.67. The van der Waals surface area contributed by atoms with Crippen LogP contribution in [0.5, 0.6) is 0 Å². The molecule has 100 valence electrons. The first-order valence-corrected chi connectivity index (χ1v) is 6.86. The molecule has 1 aromatic heterocycles. The summed E-state index contributed by atoms with van der Waals surface area (Å²) >= 11 is 0. The van der Waals surface area contributed by atoms with Crippen LogP contribution in [0.2, 0.25) is 0 Å². The lowest BCUT2D eigenvalue weighted by Gasteiger charge is -2.47. The minimum absolute atomic E-state index is 0.210. The van der Waals surface area contributed by atoms with Gasteiger partial charge in [-0.2, -0.15) is 0 Å². The van der Waals surface area contributed by atoms with E-state index < -0.39 is 0 Å². The van der Waals surface area contributed by atoms with Crippen molar-refractivity contribution in [2.24, 2.45) is 5.92 Å². The van der Waals surface area contributed by atoms with E-state index in [-0.39, 0.29) is 5.54 Å². The highest BCUT2D eigenvalue weighted by atomic mass is 15.3. The molecule has 1 fully saturated rings. The second kappa shape index (κ2) is 5.37. The highest BCUT2D eigenvalue weighted by molar-refractivity contribution is 5.10. The fraction of sp³-hybridized carbons (Fsp3) is 0.667. The molecule has 3 heteroatoms. The molecule has 0 aromatic carbocycles. The lowest BCUT2D eigenvalue weighted by molar-refractivity contribution is 0.0474. The number of aromatic nitrogens is 1. The van der Waals surface area contributed by atoms with Gasteiger partial charge in [-0.15, -0.1) is 0 Å².